The second-order valence-corrected chi connectivity index (χ2v) is 5.72. The maximum absolute atomic E-state index is 9.20. The van der Waals surface area contributed by atoms with Crippen LogP contribution in [-0.2, 0) is 6.42 Å². The molecule has 0 aliphatic rings. The van der Waals surface area contributed by atoms with Crippen LogP contribution in [0.15, 0.2) is 35.9 Å². The highest BCUT2D eigenvalue weighted by Gasteiger charge is 2.11. The zero-order valence-corrected chi connectivity index (χ0v) is 14.1. The highest BCUT2D eigenvalue weighted by atomic mass is 35.5. The van der Waals surface area contributed by atoms with Crippen molar-refractivity contribution in [1.82, 2.24) is 0 Å². The van der Waals surface area contributed by atoms with Crippen molar-refractivity contribution in [3.63, 3.8) is 0 Å². The molecule has 0 bridgehead atoms. The fourth-order valence-electron chi connectivity index (χ4n) is 1.98. The van der Waals surface area contributed by atoms with E-state index in [0.29, 0.717) is 10.8 Å². The van der Waals surface area contributed by atoms with Crippen LogP contribution >= 0.6 is 11.6 Å². The first-order valence-corrected chi connectivity index (χ1v) is 7.28. The Morgan fingerprint density at radius 2 is 2.10 bits per heavy atom. The predicted molar refractivity (Wildman–Crippen MR) is 90.6 cm³/mol. The quantitative estimate of drug-likeness (QED) is 0.810. The third-order valence-electron chi connectivity index (χ3n) is 3.03. The fraction of sp³-hybridized carbons (Fsp3) is 0.412. The minimum atomic E-state index is -0.426. The van der Waals surface area contributed by atoms with E-state index in [2.05, 4.69) is 13.0 Å². The van der Waals surface area contributed by atoms with Crippen molar-refractivity contribution in [1.29, 1.82) is 0 Å². The number of hydrogen-bond acceptors (Lipinski definition) is 3. The van der Waals surface area contributed by atoms with Gasteiger partial charge in [0, 0.05) is 14.1 Å². The zero-order valence-electron chi connectivity index (χ0n) is 13.4. The topological polar surface area (TPSA) is 32.7 Å². The van der Waals surface area contributed by atoms with Crippen molar-refractivity contribution in [2.24, 2.45) is 0 Å². The van der Waals surface area contributed by atoms with Crippen LogP contribution in [0.4, 0.5) is 5.69 Å². The number of allylic oxidation sites excluding steroid dienone is 3. The van der Waals surface area contributed by atoms with Crippen LogP contribution in [0.5, 0.6) is 5.75 Å². The van der Waals surface area contributed by atoms with Gasteiger partial charge < -0.3 is 14.7 Å². The summed E-state index contributed by atoms with van der Waals surface area (Å²) in [7, 11) is 5.54. The molecule has 1 aromatic rings. The van der Waals surface area contributed by atoms with E-state index in [-0.39, 0.29) is 0 Å². The van der Waals surface area contributed by atoms with Crippen LogP contribution in [0.3, 0.4) is 0 Å². The Kier molecular flexibility index (Phi) is 6.79. The number of benzene rings is 1. The van der Waals surface area contributed by atoms with E-state index in [4.69, 9.17) is 16.3 Å². The lowest BCUT2D eigenvalue weighted by Gasteiger charge is -2.18. The van der Waals surface area contributed by atoms with E-state index in [9.17, 15) is 5.11 Å². The lowest BCUT2D eigenvalue weighted by atomic mass is 10.0. The molecule has 0 heterocycles. The van der Waals surface area contributed by atoms with Gasteiger partial charge in [-0.15, -0.1) is 0 Å². The maximum atomic E-state index is 9.20. The molecule has 1 unspecified atom stereocenters. The van der Waals surface area contributed by atoms with E-state index in [0.717, 1.165) is 17.7 Å². The first-order valence-electron chi connectivity index (χ1n) is 6.91. The molecule has 0 spiro atoms. The summed E-state index contributed by atoms with van der Waals surface area (Å²) < 4.78 is 5.35. The standard InChI is InChI=1S/C17H24ClNO2/c1-12(7-6-8-13(2)20)9-14-10-15(19(3)4)17(18)16(11-14)21-5/h6-8,10-11,13,20H,9H2,1-5H3/b8-6+,12-7+. The number of ether oxygens (including phenoxy) is 1. The molecule has 0 saturated heterocycles. The van der Waals surface area contributed by atoms with Crippen LogP contribution in [0, 0.1) is 0 Å². The van der Waals surface area contributed by atoms with Crippen molar-refractivity contribution in [3.8, 4) is 5.75 Å². The van der Waals surface area contributed by atoms with Gasteiger partial charge in [0.25, 0.3) is 0 Å². The lowest BCUT2D eigenvalue weighted by molar-refractivity contribution is 0.244. The third kappa shape index (κ3) is 5.44. The molecule has 0 saturated carbocycles. The summed E-state index contributed by atoms with van der Waals surface area (Å²) in [4.78, 5) is 1.97. The van der Waals surface area contributed by atoms with Gasteiger partial charge >= 0.3 is 0 Å². The van der Waals surface area contributed by atoms with Crippen molar-refractivity contribution in [3.05, 3.63) is 46.5 Å². The van der Waals surface area contributed by atoms with Gasteiger partial charge in [0.2, 0.25) is 0 Å². The van der Waals surface area contributed by atoms with Crippen LogP contribution in [0.1, 0.15) is 19.4 Å². The van der Waals surface area contributed by atoms with Crippen LogP contribution in [-0.4, -0.2) is 32.4 Å². The summed E-state index contributed by atoms with van der Waals surface area (Å²) in [5.74, 6) is 0.685. The molecule has 0 radical (unpaired) electrons. The van der Waals surface area contributed by atoms with E-state index in [1.54, 1.807) is 20.1 Å². The van der Waals surface area contributed by atoms with Crippen LogP contribution < -0.4 is 9.64 Å². The summed E-state index contributed by atoms with van der Waals surface area (Å²) in [5.41, 5.74) is 3.28. The Labute approximate surface area is 132 Å². The summed E-state index contributed by atoms with van der Waals surface area (Å²) in [6, 6.07) is 4.03. The highest BCUT2D eigenvalue weighted by molar-refractivity contribution is 6.34. The predicted octanol–water partition coefficient (Wildman–Crippen LogP) is 3.84. The Morgan fingerprint density at radius 1 is 1.43 bits per heavy atom. The van der Waals surface area contributed by atoms with Crippen molar-refractivity contribution >= 4 is 17.3 Å². The molecule has 4 heteroatoms. The first kappa shape index (κ1) is 17.6. The monoisotopic (exact) mass is 309 g/mol. The largest absolute Gasteiger partial charge is 0.495 e. The zero-order chi connectivity index (χ0) is 16.0. The summed E-state index contributed by atoms with van der Waals surface area (Å²) in [6.07, 6.45) is 6.00. The molecule has 0 aliphatic carbocycles. The molecule has 0 fully saturated rings. The minimum Gasteiger partial charge on any atom is -0.495 e. The summed E-state index contributed by atoms with van der Waals surface area (Å²) in [5, 5.41) is 9.83. The molecule has 1 aromatic carbocycles. The van der Waals surface area contributed by atoms with Gasteiger partial charge in [-0.1, -0.05) is 35.4 Å². The highest BCUT2D eigenvalue weighted by Crippen LogP contribution is 2.35. The molecular weight excluding hydrogens is 286 g/mol. The number of methoxy groups -OCH3 is 1. The second-order valence-electron chi connectivity index (χ2n) is 5.34. The summed E-state index contributed by atoms with van der Waals surface area (Å²) >= 11 is 6.31. The van der Waals surface area contributed by atoms with Crippen molar-refractivity contribution in [2.75, 3.05) is 26.1 Å². The average Bonchev–Trinajstić information content (AvgIpc) is 2.39. The smallest absolute Gasteiger partial charge is 0.139 e. The van der Waals surface area contributed by atoms with E-state index >= 15 is 0 Å². The van der Waals surface area contributed by atoms with Crippen LogP contribution in [0.2, 0.25) is 5.02 Å². The Balaban J connectivity index is 3.00. The van der Waals surface area contributed by atoms with E-state index in [1.807, 2.05) is 37.2 Å². The number of halogens is 1. The van der Waals surface area contributed by atoms with Gasteiger partial charge in [-0.25, -0.2) is 0 Å². The third-order valence-corrected chi connectivity index (χ3v) is 3.41. The first-order chi connectivity index (χ1) is 9.85. The molecular formula is C17H24ClNO2. The van der Waals surface area contributed by atoms with E-state index < -0.39 is 6.10 Å². The van der Waals surface area contributed by atoms with Gasteiger partial charge in [0.1, 0.15) is 10.8 Å². The number of aliphatic hydroxyl groups is 1. The molecule has 116 valence electrons. The molecule has 1 rings (SSSR count). The van der Waals surface area contributed by atoms with Gasteiger partial charge in [0.05, 0.1) is 18.9 Å². The molecule has 21 heavy (non-hydrogen) atoms. The number of nitrogens with zero attached hydrogens (tertiary/aromatic N) is 1. The Bertz CT molecular complexity index is 534. The normalized spacial score (nSPS) is 13.6. The number of hydrogen-bond donors (Lipinski definition) is 1. The lowest BCUT2D eigenvalue weighted by Crippen LogP contribution is -2.10. The van der Waals surface area contributed by atoms with Gasteiger partial charge in [0.15, 0.2) is 0 Å². The number of anilines is 1. The average molecular weight is 310 g/mol. The Morgan fingerprint density at radius 3 is 2.62 bits per heavy atom. The molecule has 1 atom stereocenters. The summed E-state index contributed by atoms with van der Waals surface area (Å²) in [6.45, 7) is 3.79. The SMILES string of the molecule is COc1cc(C/C(C)=C/C=C/C(C)O)cc(N(C)C)c1Cl. The van der Waals surface area contributed by atoms with Crippen molar-refractivity contribution in [2.45, 2.75) is 26.4 Å². The molecule has 0 aliphatic heterocycles. The fourth-order valence-corrected chi connectivity index (χ4v) is 2.33. The number of aliphatic hydroxyl groups excluding tert-OH is 1. The molecule has 3 nitrogen and oxygen atoms in total. The van der Waals surface area contributed by atoms with Gasteiger partial charge in [-0.3, -0.25) is 0 Å². The van der Waals surface area contributed by atoms with Crippen LogP contribution in [0.25, 0.3) is 0 Å². The Hall–Kier alpha value is -1.45. The van der Waals surface area contributed by atoms with Crippen molar-refractivity contribution < 1.29 is 9.84 Å². The molecule has 0 aromatic heterocycles. The van der Waals surface area contributed by atoms with E-state index in [1.165, 1.54) is 5.57 Å². The maximum Gasteiger partial charge on any atom is 0.139 e. The minimum absolute atomic E-state index is 0.426. The molecule has 0 amide bonds. The van der Waals surface area contributed by atoms with Gasteiger partial charge in [-0.05, 0) is 38.0 Å². The van der Waals surface area contributed by atoms with Gasteiger partial charge in [-0.2, -0.15) is 0 Å². The number of rotatable bonds is 6. The molecule has 1 N–H and O–H groups in total. The second kappa shape index (κ2) is 8.11.